The lowest BCUT2D eigenvalue weighted by Gasteiger charge is -2.32. The van der Waals surface area contributed by atoms with E-state index in [-0.39, 0.29) is 4.90 Å². The summed E-state index contributed by atoms with van der Waals surface area (Å²) in [5.74, 6) is 0. The molecule has 7 heteroatoms. The summed E-state index contributed by atoms with van der Waals surface area (Å²) in [4.78, 5) is 0.288. The van der Waals surface area contributed by atoms with Crippen LogP contribution in [0.4, 0.5) is 5.69 Å². The highest BCUT2D eigenvalue weighted by atomic mass is 32.2. The van der Waals surface area contributed by atoms with Crippen LogP contribution in [0, 0.1) is 0 Å². The molecular formula is C19H30BNO4S. The molecule has 1 aliphatic carbocycles. The topological polar surface area (TPSA) is 64.6 Å². The molecule has 1 aliphatic heterocycles. The van der Waals surface area contributed by atoms with Crippen molar-refractivity contribution in [1.29, 1.82) is 0 Å². The van der Waals surface area contributed by atoms with Crippen LogP contribution in [0.3, 0.4) is 0 Å². The van der Waals surface area contributed by atoms with E-state index in [1.165, 1.54) is 25.5 Å². The molecule has 144 valence electrons. The average Bonchev–Trinajstić information content (AvgIpc) is 2.75. The van der Waals surface area contributed by atoms with Crippen molar-refractivity contribution in [1.82, 2.24) is 0 Å². The molecule has 0 bridgehead atoms. The van der Waals surface area contributed by atoms with Gasteiger partial charge in [0.15, 0.2) is 9.84 Å². The molecule has 1 saturated carbocycles. The van der Waals surface area contributed by atoms with E-state index in [2.05, 4.69) is 5.32 Å². The summed E-state index contributed by atoms with van der Waals surface area (Å²) in [6.07, 6.45) is 7.24. The van der Waals surface area contributed by atoms with Crippen molar-refractivity contribution < 1.29 is 17.7 Å². The van der Waals surface area contributed by atoms with Gasteiger partial charge in [0.2, 0.25) is 0 Å². The van der Waals surface area contributed by atoms with Crippen molar-refractivity contribution in [2.24, 2.45) is 0 Å². The molecule has 2 aliphatic rings. The zero-order chi connectivity index (χ0) is 19.2. The smallest absolute Gasteiger partial charge is 0.399 e. The molecule has 0 atom stereocenters. The fourth-order valence-electron chi connectivity index (χ4n) is 3.53. The molecule has 0 spiro atoms. The summed E-state index contributed by atoms with van der Waals surface area (Å²) in [6, 6.07) is 5.62. The Labute approximate surface area is 157 Å². The Morgan fingerprint density at radius 1 is 1.04 bits per heavy atom. The normalized spacial score (nSPS) is 23.2. The van der Waals surface area contributed by atoms with Gasteiger partial charge in [0, 0.05) is 23.4 Å². The molecule has 1 saturated heterocycles. The van der Waals surface area contributed by atoms with Gasteiger partial charge in [0.05, 0.1) is 16.1 Å². The van der Waals surface area contributed by atoms with Crippen LogP contribution >= 0.6 is 0 Å². The SMILES string of the molecule is CC1(C)OB(c2cc(S(C)(=O)=O)ccc2NC2CCCCC2)OC1(C)C. The first-order valence-electron chi connectivity index (χ1n) is 9.46. The van der Waals surface area contributed by atoms with Gasteiger partial charge >= 0.3 is 7.12 Å². The number of anilines is 1. The maximum absolute atomic E-state index is 12.1. The lowest BCUT2D eigenvalue weighted by Crippen LogP contribution is -2.41. The van der Waals surface area contributed by atoms with Crippen molar-refractivity contribution in [3.05, 3.63) is 18.2 Å². The molecule has 1 aromatic rings. The van der Waals surface area contributed by atoms with Crippen LogP contribution in [0.25, 0.3) is 0 Å². The van der Waals surface area contributed by atoms with Crippen molar-refractivity contribution in [3.63, 3.8) is 0 Å². The third kappa shape index (κ3) is 3.95. The van der Waals surface area contributed by atoms with Gasteiger partial charge in [-0.2, -0.15) is 0 Å². The van der Waals surface area contributed by atoms with Gasteiger partial charge in [-0.15, -0.1) is 0 Å². The second-order valence-corrected chi connectivity index (χ2v) is 10.6. The quantitative estimate of drug-likeness (QED) is 0.815. The van der Waals surface area contributed by atoms with Crippen molar-refractivity contribution >= 4 is 28.1 Å². The van der Waals surface area contributed by atoms with E-state index in [0.29, 0.717) is 6.04 Å². The van der Waals surface area contributed by atoms with E-state index < -0.39 is 28.2 Å². The minimum absolute atomic E-state index is 0.288. The Morgan fingerprint density at radius 2 is 1.62 bits per heavy atom. The molecule has 0 radical (unpaired) electrons. The summed E-state index contributed by atoms with van der Waals surface area (Å²) >= 11 is 0. The van der Waals surface area contributed by atoms with Crippen LogP contribution in [-0.2, 0) is 19.1 Å². The van der Waals surface area contributed by atoms with Crippen molar-refractivity contribution in [2.75, 3.05) is 11.6 Å². The van der Waals surface area contributed by atoms with Gasteiger partial charge in [0.25, 0.3) is 0 Å². The molecule has 0 unspecified atom stereocenters. The highest BCUT2D eigenvalue weighted by Gasteiger charge is 2.52. The second kappa shape index (κ2) is 6.84. The molecule has 1 aromatic carbocycles. The highest BCUT2D eigenvalue weighted by Crippen LogP contribution is 2.37. The average molecular weight is 379 g/mol. The van der Waals surface area contributed by atoms with Crippen LogP contribution in [0.15, 0.2) is 23.1 Å². The third-order valence-electron chi connectivity index (χ3n) is 5.92. The first-order chi connectivity index (χ1) is 12.0. The molecule has 2 fully saturated rings. The standard InChI is InChI=1S/C19H30BNO4S/c1-18(2)19(3,4)25-20(24-18)16-13-15(26(5,22)23)11-12-17(16)21-14-9-7-6-8-10-14/h11-14,21H,6-10H2,1-5H3. The first kappa shape index (κ1) is 19.7. The number of nitrogens with one attached hydrogen (secondary N) is 1. The van der Waals surface area contributed by atoms with E-state index in [1.54, 1.807) is 12.1 Å². The number of hydrogen-bond donors (Lipinski definition) is 1. The van der Waals surface area contributed by atoms with Gasteiger partial charge in [-0.25, -0.2) is 8.42 Å². The highest BCUT2D eigenvalue weighted by molar-refractivity contribution is 7.90. The molecule has 26 heavy (non-hydrogen) atoms. The maximum Gasteiger partial charge on any atom is 0.497 e. The van der Waals surface area contributed by atoms with E-state index >= 15 is 0 Å². The zero-order valence-electron chi connectivity index (χ0n) is 16.5. The minimum Gasteiger partial charge on any atom is -0.399 e. The molecule has 0 aromatic heterocycles. The Bertz CT molecular complexity index is 754. The van der Waals surface area contributed by atoms with Crippen LogP contribution in [0.5, 0.6) is 0 Å². The van der Waals surface area contributed by atoms with Gasteiger partial charge in [0.1, 0.15) is 0 Å². The molecule has 0 amide bonds. The van der Waals surface area contributed by atoms with Gasteiger partial charge in [-0.05, 0) is 58.7 Å². The summed E-state index contributed by atoms with van der Waals surface area (Å²) in [7, 11) is -3.89. The predicted octanol–water partition coefficient (Wildman–Crippen LogP) is 3.13. The van der Waals surface area contributed by atoms with Crippen LogP contribution in [0.1, 0.15) is 59.8 Å². The maximum atomic E-state index is 12.1. The Balaban J connectivity index is 1.97. The van der Waals surface area contributed by atoms with Crippen LogP contribution < -0.4 is 10.8 Å². The zero-order valence-corrected chi connectivity index (χ0v) is 17.3. The van der Waals surface area contributed by atoms with Crippen molar-refractivity contribution in [3.8, 4) is 0 Å². The third-order valence-corrected chi connectivity index (χ3v) is 7.03. The van der Waals surface area contributed by atoms with Gasteiger partial charge < -0.3 is 14.6 Å². The Kier molecular flexibility index (Phi) is 5.19. The summed E-state index contributed by atoms with van der Waals surface area (Å²) in [5.41, 5.74) is 0.724. The molecular weight excluding hydrogens is 349 g/mol. The summed E-state index contributed by atoms with van der Waals surface area (Å²) in [5, 5.41) is 3.60. The van der Waals surface area contributed by atoms with Crippen LogP contribution in [0.2, 0.25) is 0 Å². The molecule has 1 N–H and O–H groups in total. The lowest BCUT2D eigenvalue weighted by atomic mass is 9.77. The van der Waals surface area contributed by atoms with E-state index in [4.69, 9.17) is 9.31 Å². The fraction of sp³-hybridized carbons (Fsp3) is 0.684. The summed E-state index contributed by atoms with van der Waals surface area (Å²) in [6.45, 7) is 8.01. The number of sulfone groups is 1. The molecule has 5 nitrogen and oxygen atoms in total. The number of benzene rings is 1. The molecule has 3 rings (SSSR count). The number of rotatable bonds is 4. The Morgan fingerprint density at radius 3 is 2.15 bits per heavy atom. The Hall–Kier alpha value is -1.05. The van der Waals surface area contributed by atoms with Gasteiger partial charge in [-0.1, -0.05) is 19.3 Å². The van der Waals surface area contributed by atoms with E-state index in [1.807, 2.05) is 33.8 Å². The van der Waals surface area contributed by atoms with Crippen molar-refractivity contribution in [2.45, 2.75) is 81.9 Å². The van der Waals surface area contributed by atoms with Gasteiger partial charge in [-0.3, -0.25) is 0 Å². The first-order valence-corrected chi connectivity index (χ1v) is 11.3. The van der Waals surface area contributed by atoms with E-state index in [9.17, 15) is 8.42 Å². The lowest BCUT2D eigenvalue weighted by molar-refractivity contribution is 0.00578. The summed E-state index contributed by atoms with van der Waals surface area (Å²) < 4.78 is 36.5. The van der Waals surface area contributed by atoms with E-state index in [0.717, 1.165) is 24.0 Å². The largest absolute Gasteiger partial charge is 0.497 e. The predicted molar refractivity (Wildman–Crippen MR) is 106 cm³/mol. The van der Waals surface area contributed by atoms with Crippen LogP contribution in [-0.4, -0.2) is 39.0 Å². The second-order valence-electron chi connectivity index (χ2n) is 8.59. The minimum atomic E-state index is -3.30. The monoisotopic (exact) mass is 379 g/mol. The molecule has 1 heterocycles. The fourth-order valence-corrected chi connectivity index (χ4v) is 4.19. The number of hydrogen-bond acceptors (Lipinski definition) is 5.